The molecule has 0 bridgehead atoms. The van der Waals surface area contributed by atoms with Crippen LogP contribution in [-0.4, -0.2) is 27.8 Å². The van der Waals surface area contributed by atoms with Crippen molar-refractivity contribution in [2.45, 2.75) is 11.5 Å². The number of aromatic nitrogens is 3. The van der Waals surface area contributed by atoms with Crippen LogP contribution in [0.1, 0.15) is 0 Å². The van der Waals surface area contributed by atoms with Crippen molar-refractivity contribution in [2.24, 2.45) is 0 Å². The molecule has 0 aliphatic rings. The molecule has 0 amide bonds. The van der Waals surface area contributed by atoms with Crippen molar-refractivity contribution in [1.82, 2.24) is 15.2 Å². The molecule has 2 aromatic rings. The molecule has 0 fully saturated rings. The van der Waals surface area contributed by atoms with E-state index in [1.54, 1.807) is 0 Å². The first kappa shape index (κ1) is 12.7. The summed E-state index contributed by atoms with van der Waals surface area (Å²) in [4.78, 5) is 4.14. The minimum absolute atomic E-state index is 0.268. The minimum atomic E-state index is -4.68. The van der Waals surface area contributed by atoms with Crippen LogP contribution in [0.5, 0.6) is 5.75 Å². The molecule has 1 N–H and O–H groups in total. The summed E-state index contributed by atoms with van der Waals surface area (Å²) in [5, 5.41) is 7.17. The smallest absolute Gasteiger partial charge is 0.406 e. The highest BCUT2D eigenvalue weighted by Crippen LogP contribution is 2.25. The zero-order chi connectivity index (χ0) is 13.2. The molecule has 0 saturated heterocycles. The highest BCUT2D eigenvalue weighted by atomic mass is 32.2. The number of thioether (sulfide) groups is 1. The van der Waals surface area contributed by atoms with Crippen molar-refractivity contribution < 1.29 is 17.9 Å². The van der Waals surface area contributed by atoms with Gasteiger partial charge in [0.05, 0.1) is 0 Å². The van der Waals surface area contributed by atoms with E-state index in [0.717, 1.165) is 0 Å². The van der Waals surface area contributed by atoms with E-state index in [0.29, 0.717) is 16.5 Å². The predicted octanol–water partition coefficient (Wildman–Crippen LogP) is 3.09. The van der Waals surface area contributed by atoms with Gasteiger partial charge in [-0.3, -0.25) is 5.10 Å². The number of aromatic amines is 1. The van der Waals surface area contributed by atoms with E-state index in [1.807, 2.05) is 6.26 Å². The Morgan fingerprint density at radius 2 is 1.89 bits per heavy atom. The minimum Gasteiger partial charge on any atom is -0.406 e. The number of halogens is 3. The molecular formula is C10H8F3N3OS. The normalized spacial score (nSPS) is 11.6. The fourth-order valence-electron chi connectivity index (χ4n) is 1.28. The van der Waals surface area contributed by atoms with Crippen LogP contribution in [0, 0.1) is 0 Å². The van der Waals surface area contributed by atoms with Gasteiger partial charge in [-0.2, -0.15) is 0 Å². The van der Waals surface area contributed by atoms with Crippen molar-refractivity contribution in [2.75, 3.05) is 6.26 Å². The highest BCUT2D eigenvalue weighted by Gasteiger charge is 2.30. The van der Waals surface area contributed by atoms with Gasteiger partial charge in [0.25, 0.3) is 0 Å². The van der Waals surface area contributed by atoms with Crippen LogP contribution >= 0.6 is 11.8 Å². The molecule has 18 heavy (non-hydrogen) atoms. The summed E-state index contributed by atoms with van der Waals surface area (Å²) in [6, 6.07) is 5.41. The third kappa shape index (κ3) is 3.16. The first-order chi connectivity index (χ1) is 8.48. The Morgan fingerprint density at radius 1 is 1.22 bits per heavy atom. The second-order valence-electron chi connectivity index (χ2n) is 3.24. The van der Waals surface area contributed by atoms with Gasteiger partial charge in [-0.15, -0.1) is 18.3 Å². The van der Waals surface area contributed by atoms with Crippen LogP contribution in [0.4, 0.5) is 13.2 Å². The van der Waals surface area contributed by atoms with Crippen LogP contribution in [0.3, 0.4) is 0 Å². The Hall–Kier alpha value is -1.70. The van der Waals surface area contributed by atoms with Crippen LogP contribution in [0.2, 0.25) is 0 Å². The standard InChI is InChI=1S/C10H8F3N3OS/c1-18-9-14-8(15-16-9)6-2-4-7(5-3-6)17-10(11,12)13/h2-5H,1H3,(H,14,15,16). The fraction of sp³-hybridized carbons (Fsp3) is 0.200. The first-order valence-electron chi connectivity index (χ1n) is 4.80. The van der Waals surface area contributed by atoms with E-state index < -0.39 is 6.36 Å². The van der Waals surface area contributed by atoms with Gasteiger partial charge < -0.3 is 4.74 Å². The van der Waals surface area contributed by atoms with Crippen molar-refractivity contribution in [3.8, 4) is 17.1 Å². The molecule has 0 saturated carbocycles. The van der Waals surface area contributed by atoms with E-state index in [-0.39, 0.29) is 5.75 Å². The SMILES string of the molecule is CSc1n[nH]c(-c2ccc(OC(F)(F)F)cc2)n1. The lowest BCUT2D eigenvalue weighted by molar-refractivity contribution is -0.274. The zero-order valence-corrected chi connectivity index (χ0v) is 9.97. The van der Waals surface area contributed by atoms with Crippen molar-refractivity contribution in [1.29, 1.82) is 0 Å². The number of benzene rings is 1. The number of hydrogen-bond acceptors (Lipinski definition) is 4. The van der Waals surface area contributed by atoms with E-state index >= 15 is 0 Å². The summed E-state index contributed by atoms with van der Waals surface area (Å²) >= 11 is 1.37. The van der Waals surface area contributed by atoms with Crippen molar-refractivity contribution >= 4 is 11.8 Å². The number of alkyl halides is 3. The van der Waals surface area contributed by atoms with Crippen LogP contribution in [0.15, 0.2) is 29.4 Å². The topological polar surface area (TPSA) is 50.8 Å². The molecule has 0 aliphatic carbocycles. The van der Waals surface area contributed by atoms with E-state index in [9.17, 15) is 13.2 Å². The second kappa shape index (κ2) is 4.89. The van der Waals surface area contributed by atoms with E-state index in [4.69, 9.17) is 0 Å². The van der Waals surface area contributed by atoms with Gasteiger partial charge in [-0.05, 0) is 30.5 Å². The lowest BCUT2D eigenvalue weighted by Gasteiger charge is -2.08. The fourth-order valence-corrected chi connectivity index (χ4v) is 1.60. The van der Waals surface area contributed by atoms with Gasteiger partial charge in [0, 0.05) is 5.56 Å². The third-order valence-electron chi connectivity index (χ3n) is 2.01. The zero-order valence-electron chi connectivity index (χ0n) is 9.15. The molecule has 0 spiro atoms. The maximum atomic E-state index is 12.0. The summed E-state index contributed by atoms with van der Waals surface area (Å²) in [6.07, 6.45) is -2.85. The number of hydrogen-bond donors (Lipinski definition) is 1. The monoisotopic (exact) mass is 275 g/mol. The predicted molar refractivity (Wildman–Crippen MR) is 60.3 cm³/mol. The molecule has 96 valence electrons. The summed E-state index contributed by atoms with van der Waals surface area (Å²) in [5.41, 5.74) is 0.636. The van der Waals surface area contributed by atoms with E-state index in [1.165, 1.54) is 36.0 Å². The third-order valence-corrected chi connectivity index (χ3v) is 2.56. The van der Waals surface area contributed by atoms with Crippen LogP contribution in [0.25, 0.3) is 11.4 Å². The first-order valence-corrected chi connectivity index (χ1v) is 6.03. The van der Waals surface area contributed by atoms with Gasteiger partial charge in [-0.1, -0.05) is 11.8 Å². The molecule has 1 aromatic heterocycles. The molecular weight excluding hydrogens is 267 g/mol. The average Bonchev–Trinajstić information content (AvgIpc) is 2.76. The largest absolute Gasteiger partial charge is 0.573 e. The maximum absolute atomic E-state index is 12.0. The summed E-state index contributed by atoms with van der Waals surface area (Å²) < 4.78 is 39.6. The van der Waals surface area contributed by atoms with Gasteiger partial charge in [0.15, 0.2) is 5.82 Å². The maximum Gasteiger partial charge on any atom is 0.573 e. The van der Waals surface area contributed by atoms with Gasteiger partial charge in [-0.25, -0.2) is 4.98 Å². The molecule has 4 nitrogen and oxygen atoms in total. The summed E-state index contributed by atoms with van der Waals surface area (Å²) in [7, 11) is 0. The quantitative estimate of drug-likeness (QED) is 0.874. The van der Waals surface area contributed by atoms with Gasteiger partial charge in [0.1, 0.15) is 5.75 Å². The molecule has 2 rings (SSSR count). The van der Waals surface area contributed by atoms with Crippen LogP contribution in [-0.2, 0) is 0 Å². The molecule has 0 radical (unpaired) electrons. The number of rotatable bonds is 3. The Balaban J connectivity index is 2.17. The summed E-state index contributed by atoms with van der Waals surface area (Å²) in [6.45, 7) is 0. The Morgan fingerprint density at radius 3 is 2.39 bits per heavy atom. The molecule has 8 heteroatoms. The number of nitrogens with one attached hydrogen (secondary N) is 1. The molecule has 1 heterocycles. The Kier molecular flexibility index (Phi) is 3.46. The summed E-state index contributed by atoms with van der Waals surface area (Å²) in [5.74, 6) is 0.230. The lowest BCUT2D eigenvalue weighted by Crippen LogP contribution is -2.16. The number of ether oxygens (including phenoxy) is 1. The Labute approximate surface area is 105 Å². The Bertz CT molecular complexity index is 524. The molecule has 0 aliphatic heterocycles. The van der Waals surface area contributed by atoms with Gasteiger partial charge >= 0.3 is 6.36 Å². The van der Waals surface area contributed by atoms with Crippen molar-refractivity contribution in [3.05, 3.63) is 24.3 Å². The number of H-pyrrole nitrogens is 1. The number of nitrogens with zero attached hydrogens (tertiary/aromatic N) is 2. The van der Waals surface area contributed by atoms with Gasteiger partial charge in [0.2, 0.25) is 5.16 Å². The average molecular weight is 275 g/mol. The van der Waals surface area contributed by atoms with Crippen molar-refractivity contribution in [3.63, 3.8) is 0 Å². The lowest BCUT2D eigenvalue weighted by atomic mass is 10.2. The molecule has 1 aromatic carbocycles. The molecule has 0 unspecified atom stereocenters. The van der Waals surface area contributed by atoms with E-state index in [2.05, 4.69) is 19.9 Å². The van der Waals surface area contributed by atoms with Crippen LogP contribution < -0.4 is 4.74 Å². The second-order valence-corrected chi connectivity index (χ2v) is 4.02. The highest BCUT2D eigenvalue weighted by molar-refractivity contribution is 7.98. The molecule has 0 atom stereocenters.